The lowest BCUT2D eigenvalue weighted by molar-refractivity contribution is -0.149. The monoisotopic (exact) mass is 342 g/mol. The Hall–Kier alpha value is -2.28. The molecule has 2 fully saturated rings. The predicted octanol–water partition coefficient (Wildman–Crippen LogP) is 2.23. The van der Waals surface area contributed by atoms with Gasteiger partial charge in [-0.05, 0) is 25.0 Å². The number of hydrogen-bond donors (Lipinski definition) is 0. The van der Waals surface area contributed by atoms with Gasteiger partial charge >= 0.3 is 0 Å². The third-order valence-corrected chi connectivity index (χ3v) is 5.01. The van der Waals surface area contributed by atoms with E-state index in [1.165, 1.54) is 12.8 Å². The summed E-state index contributed by atoms with van der Waals surface area (Å²) >= 11 is 0. The van der Waals surface area contributed by atoms with Crippen LogP contribution >= 0.6 is 0 Å². The van der Waals surface area contributed by atoms with Gasteiger partial charge in [-0.3, -0.25) is 9.78 Å². The quantitative estimate of drug-likeness (QED) is 0.847. The Kier molecular flexibility index (Phi) is 4.74. The van der Waals surface area contributed by atoms with Gasteiger partial charge < -0.3 is 14.2 Å². The van der Waals surface area contributed by atoms with Crippen molar-refractivity contribution in [3.05, 3.63) is 30.4 Å². The molecule has 25 heavy (non-hydrogen) atoms. The van der Waals surface area contributed by atoms with Crippen LogP contribution in [0.5, 0.6) is 0 Å². The zero-order valence-electron chi connectivity index (χ0n) is 14.1. The second kappa shape index (κ2) is 7.31. The van der Waals surface area contributed by atoms with E-state index in [0.717, 1.165) is 18.4 Å². The zero-order chi connectivity index (χ0) is 17.1. The van der Waals surface area contributed by atoms with Crippen molar-refractivity contribution >= 4 is 5.91 Å². The predicted molar refractivity (Wildman–Crippen MR) is 89.6 cm³/mol. The van der Waals surface area contributed by atoms with E-state index in [2.05, 4.69) is 15.1 Å². The molecule has 2 aliphatic rings. The van der Waals surface area contributed by atoms with E-state index in [1.807, 2.05) is 17.0 Å². The molecule has 0 radical (unpaired) electrons. The summed E-state index contributed by atoms with van der Waals surface area (Å²) in [6.07, 6.45) is 8.93. The highest BCUT2D eigenvalue weighted by atomic mass is 16.5. The molecule has 2 aromatic rings. The first-order chi connectivity index (χ1) is 12.3. The first-order valence-electron chi connectivity index (χ1n) is 8.95. The molecule has 0 aromatic carbocycles. The normalized spacial score (nSPS) is 23.3. The van der Waals surface area contributed by atoms with Gasteiger partial charge in [-0.2, -0.15) is 4.98 Å². The minimum Gasteiger partial charge on any atom is -0.374 e. The topological polar surface area (TPSA) is 81.3 Å². The number of pyridine rings is 1. The SMILES string of the molecule is O=C(CCc1nc(-c2ccncc2)no1)N1CCO[C@H]2CCCC[C@H]21. The Bertz CT molecular complexity index is 716. The van der Waals surface area contributed by atoms with Gasteiger partial charge in [-0.15, -0.1) is 0 Å². The highest BCUT2D eigenvalue weighted by molar-refractivity contribution is 5.77. The maximum absolute atomic E-state index is 12.7. The van der Waals surface area contributed by atoms with E-state index in [9.17, 15) is 4.79 Å². The highest BCUT2D eigenvalue weighted by Crippen LogP contribution is 2.29. The number of carbonyl (C=O) groups excluding carboxylic acids is 1. The molecule has 0 N–H and O–H groups in total. The van der Waals surface area contributed by atoms with Crippen molar-refractivity contribution in [3.8, 4) is 11.4 Å². The van der Waals surface area contributed by atoms with E-state index in [0.29, 0.717) is 37.7 Å². The maximum Gasteiger partial charge on any atom is 0.227 e. The second-order valence-electron chi connectivity index (χ2n) is 6.60. The first kappa shape index (κ1) is 16.2. The lowest BCUT2D eigenvalue weighted by atomic mass is 9.90. The molecule has 132 valence electrons. The lowest BCUT2D eigenvalue weighted by Crippen LogP contribution is -2.54. The number of ether oxygens (including phenoxy) is 1. The molecular weight excluding hydrogens is 320 g/mol. The van der Waals surface area contributed by atoms with Crippen molar-refractivity contribution in [2.75, 3.05) is 13.2 Å². The summed E-state index contributed by atoms with van der Waals surface area (Å²) in [6.45, 7) is 1.33. The molecule has 1 amide bonds. The third-order valence-electron chi connectivity index (χ3n) is 5.01. The lowest BCUT2D eigenvalue weighted by Gasteiger charge is -2.43. The minimum atomic E-state index is 0.156. The van der Waals surface area contributed by atoms with E-state index in [4.69, 9.17) is 9.26 Å². The molecule has 7 nitrogen and oxygen atoms in total. The minimum absolute atomic E-state index is 0.156. The number of rotatable bonds is 4. The molecule has 0 bridgehead atoms. The molecule has 7 heteroatoms. The molecule has 1 aliphatic carbocycles. The van der Waals surface area contributed by atoms with Crippen LogP contribution in [0.4, 0.5) is 0 Å². The number of aryl methyl sites for hydroxylation is 1. The van der Waals surface area contributed by atoms with Crippen LogP contribution in [0.15, 0.2) is 29.0 Å². The number of aromatic nitrogens is 3. The van der Waals surface area contributed by atoms with E-state index >= 15 is 0 Å². The van der Waals surface area contributed by atoms with Crippen molar-refractivity contribution in [2.45, 2.75) is 50.7 Å². The van der Waals surface area contributed by atoms with Gasteiger partial charge in [-0.25, -0.2) is 0 Å². The van der Waals surface area contributed by atoms with E-state index < -0.39 is 0 Å². The van der Waals surface area contributed by atoms with Crippen LogP contribution in [-0.4, -0.2) is 51.2 Å². The number of carbonyl (C=O) groups is 1. The van der Waals surface area contributed by atoms with Gasteiger partial charge in [0, 0.05) is 37.3 Å². The number of hydrogen-bond acceptors (Lipinski definition) is 6. The standard InChI is InChI=1S/C18H22N4O3/c23-17(22-11-12-24-15-4-2-1-3-14(15)22)6-5-16-20-18(21-25-16)13-7-9-19-10-8-13/h7-10,14-15H,1-6,11-12H2/t14-,15+/m1/s1. The third kappa shape index (κ3) is 3.56. The fourth-order valence-electron chi connectivity index (χ4n) is 3.74. The number of fused-ring (bicyclic) bond motifs is 1. The van der Waals surface area contributed by atoms with Crippen LogP contribution in [-0.2, 0) is 16.0 Å². The van der Waals surface area contributed by atoms with Crippen LogP contribution < -0.4 is 0 Å². The average molecular weight is 342 g/mol. The van der Waals surface area contributed by atoms with Crippen molar-refractivity contribution in [3.63, 3.8) is 0 Å². The van der Waals surface area contributed by atoms with Gasteiger partial charge in [-0.1, -0.05) is 18.0 Å². The molecule has 0 spiro atoms. The van der Waals surface area contributed by atoms with Crippen LogP contribution in [0, 0.1) is 0 Å². The fraction of sp³-hybridized carbons (Fsp3) is 0.556. The first-order valence-corrected chi connectivity index (χ1v) is 8.95. The van der Waals surface area contributed by atoms with Gasteiger partial charge in [0.25, 0.3) is 0 Å². The Balaban J connectivity index is 1.36. The zero-order valence-corrected chi connectivity index (χ0v) is 14.1. The molecule has 1 saturated heterocycles. The van der Waals surface area contributed by atoms with Crippen molar-refractivity contribution in [1.82, 2.24) is 20.0 Å². The molecule has 3 heterocycles. The van der Waals surface area contributed by atoms with E-state index in [1.54, 1.807) is 12.4 Å². The maximum atomic E-state index is 12.7. The molecule has 4 rings (SSSR count). The Labute approximate surface area is 146 Å². The smallest absolute Gasteiger partial charge is 0.227 e. The summed E-state index contributed by atoms with van der Waals surface area (Å²) in [7, 11) is 0. The number of nitrogens with zero attached hydrogens (tertiary/aromatic N) is 4. The highest BCUT2D eigenvalue weighted by Gasteiger charge is 2.36. The summed E-state index contributed by atoms with van der Waals surface area (Å²) in [5.74, 6) is 1.18. The Morgan fingerprint density at radius 1 is 1.24 bits per heavy atom. The van der Waals surface area contributed by atoms with Gasteiger partial charge in [0.05, 0.1) is 18.8 Å². The fourth-order valence-corrected chi connectivity index (χ4v) is 3.74. The van der Waals surface area contributed by atoms with E-state index in [-0.39, 0.29) is 18.1 Å². The van der Waals surface area contributed by atoms with Crippen molar-refractivity contribution < 1.29 is 14.1 Å². The summed E-state index contributed by atoms with van der Waals surface area (Å²) < 4.78 is 11.1. The summed E-state index contributed by atoms with van der Waals surface area (Å²) in [5.41, 5.74) is 0.856. The molecule has 0 unspecified atom stereocenters. The van der Waals surface area contributed by atoms with Crippen molar-refractivity contribution in [2.24, 2.45) is 0 Å². The number of morpholine rings is 1. The number of amides is 1. The molecule has 1 aliphatic heterocycles. The summed E-state index contributed by atoms with van der Waals surface area (Å²) in [5, 5.41) is 3.98. The molecule has 1 saturated carbocycles. The van der Waals surface area contributed by atoms with Gasteiger partial charge in [0.1, 0.15) is 0 Å². The summed E-state index contributed by atoms with van der Waals surface area (Å²) in [4.78, 5) is 23.0. The average Bonchev–Trinajstić information content (AvgIpc) is 3.15. The Morgan fingerprint density at radius 2 is 2.08 bits per heavy atom. The molecule has 2 atom stereocenters. The summed E-state index contributed by atoms with van der Waals surface area (Å²) in [6, 6.07) is 3.90. The van der Waals surface area contributed by atoms with Gasteiger partial charge in [0.15, 0.2) is 0 Å². The van der Waals surface area contributed by atoms with Crippen LogP contribution in [0.3, 0.4) is 0 Å². The van der Waals surface area contributed by atoms with Crippen LogP contribution in [0.25, 0.3) is 11.4 Å². The largest absolute Gasteiger partial charge is 0.374 e. The molecule has 2 aromatic heterocycles. The van der Waals surface area contributed by atoms with Crippen LogP contribution in [0.1, 0.15) is 38.0 Å². The molecular formula is C18H22N4O3. The van der Waals surface area contributed by atoms with Gasteiger partial charge in [0.2, 0.25) is 17.6 Å². The Morgan fingerprint density at radius 3 is 2.96 bits per heavy atom. The van der Waals surface area contributed by atoms with Crippen LogP contribution in [0.2, 0.25) is 0 Å². The van der Waals surface area contributed by atoms with Crippen molar-refractivity contribution in [1.29, 1.82) is 0 Å². The second-order valence-corrected chi connectivity index (χ2v) is 6.60.